The Morgan fingerprint density at radius 1 is 1.33 bits per heavy atom. The third-order valence-electron chi connectivity index (χ3n) is 3.22. The van der Waals surface area contributed by atoms with Crippen LogP contribution in [0.4, 0.5) is 0 Å². The maximum Gasteiger partial charge on any atom is 0.352 e. The van der Waals surface area contributed by atoms with Crippen molar-refractivity contribution in [2.45, 2.75) is 37.6 Å². The molecule has 116 valence electrons. The molecule has 21 heavy (non-hydrogen) atoms. The van der Waals surface area contributed by atoms with Crippen molar-refractivity contribution in [1.29, 1.82) is 0 Å². The van der Waals surface area contributed by atoms with Crippen LogP contribution in [0, 0.1) is 13.8 Å². The number of rotatable bonds is 6. The van der Waals surface area contributed by atoms with Gasteiger partial charge in [0.05, 0.1) is 6.54 Å². The van der Waals surface area contributed by atoms with Crippen LogP contribution in [-0.4, -0.2) is 43.0 Å². The largest absolute Gasteiger partial charge is 0.477 e. The molecule has 1 aromatic rings. The highest BCUT2D eigenvalue weighted by molar-refractivity contribution is 7.89. The van der Waals surface area contributed by atoms with Crippen LogP contribution in [0.2, 0.25) is 0 Å². The molecule has 0 atom stereocenters. The molecular weight excluding hydrogens is 298 g/mol. The Morgan fingerprint density at radius 3 is 2.43 bits per heavy atom. The predicted molar refractivity (Wildman–Crippen MR) is 73.6 cm³/mol. The van der Waals surface area contributed by atoms with Crippen molar-refractivity contribution in [3.63, 3.8) is 0 Å². The van der Waals surface area contributed by atoms with Crippen LogP contribution in [0.25, 0.3) is 0 Å². The fourth-order valence-corrected chi connectivity index (χ4v) is 3.51. The monoisotopic (exact) mass is 315 g/mol. The first kappa shape index (κ1) is 15.5. The number of aryl methyl sites for hydroxylation is 1. The van der Waals surface area contributed by atoms with Crippen LogP contribution in [0.3, 0.4) is 0 Å². The topological polar surface area (TPSA) is 128 Å². The van der Waals surface area contributed by atoms with Crippen LogP contribution in [0.15, 0.2) is 4.90 Å². The van der Waals surface area contributed by atoms with Crippen molar-refractivity contribution in [3.05, 3.63) is 17.0 Å². The van der Waals surface area contributed by atoms with E-state index >= 15 is 0 Å². The minimum atomic E-state index is -3.95. The van der Waals surface area contributed by atoms with Gasteiger partial charge < -0.3 is 15.4 Å². The lowest BCUT2D eigenvalue weighted by Gasteiger charge is -2.08. The molecule has 0 unspecified atom stereocenters. The molecule has 2 rings (SSSR count). The zero-order chi connectivity index (χ0) is 15.8. The highest BCUT2D eigenvalue weighted by Gasteiger charge is 2.28. The molecule has 0 saturated heterocycles. The van der Waals surface area contributed by atoms with E-state index in [2.05, 4.69) is 15.0 Å². The molecule has 1 aromatic heterocycles. The summed E-state index contributed by atoms with van der Waals surface area (Å²) < 4.78 is 26.6. The molecule has 0 bridgehead atoms. The second kappa shape index (κ2) is 5.49. The second-order valence-corrected chi connectivity index (χ2v) is 6.75. The summed E-state index contributed by atoms with van der Waals surface area (Å²) in [5, 5.41) is 11.6. The third-order valence-corrected chi connectivity index (χ3v) is 4.89. The quantitative estimate of drug-likeness (QED) is 0.582. The molecule has 1 aliphatic carbocycles. The highest BCUT2D eigenvalue weighted by Crippen LogP contribution is 2.23. The van der Waals surface area contributed by atoms with Crippen molar-refractivity contribution >= 4 is 21.9 Å². The number of hydrogen-bond donors (Lipinski definition) is 4. The van der Waals surface area contributed by atoms with E-state index in [1.165, 1.54) is 13.8 Å². The van der Waals surface area contributed by atoms with Gasteiger partial charge in [-0.2, -0.15) is 0 Å². The lowest BCUT2D eigenvalue weighted by molar-refractivity contribution is -0.120. The van der Waals surface area contributed by atoms with E-state index in [-0.39, 0.29) is 34.4 Å². The molecule has 1 heterocycles. The number of aromatic nitrogens is 1. The number of H-pyrrole nitrogens is 1. The molecule has 1 amide bonds. The SMILES string of the molecule is Cc1[nH]c(C(=O)O)c(C)c1S(=O)(=O)NCC(=O)NC1CC1. The van der Waals surface area contributed by atoms with Gasteiger partial charge in [0.25, 0.3) is 0 Å². The van der Waals surface area contributed by atoms with Gasteiger partial charge in [-0.25, -0.2) is 17.9 Å². The van der Waals surface area contributed by atoms with Crippen molar-refractivity contribution in [2.75, 3.05) is 6.54 Å². The van der Waals surface area contributed by atoms with Crippen molar-refractivity contribution in [3.8, 4) is 0 Å². The Hall–Kier alpha value is -1.87. The lowest BCUT2D eigenvalue weighted by atomic mass is 10.2. The molecule has 0 spiro atoms. The number of aromatic amines is 1. The van der Waals surface area contributed by atoms with Gasteiger partial charge in [-0.15, -0.1) is 0 Å². The summed E-state index contributed by atoms with van der Waals surface area (Å²) in [6.45, 7) is 2.51. The van der Waals surface area contributed by atoms with Crippen LogP contribution in [0.1, 0.15) is 34.6 Å². The first-order chi connectivity index (χ1) is 9.72. The Labute approximate surface area is 122 Å². The normalized spacial score (nSPS) is 15.0. The van der Waals surface area contributed by atoms with Crippen LogP contribution >= 0.6 is 0 Å². The molecule has 0 radical (unpaired) electrons. The second-order valence-electron chi connectivity index (χ2n) is 5.05. The summed E-state index contributed by atoms with van der Waals surface area (Å²) >= 11 is 0. The van der Waals surface area contributed by atoms with E-state index in [9.17, 15) is 18.0 Å². The number of sulfonamides is 1. The van der Waals surface area contributed by atoms with E-state index in [1.54, 1.807) is 0 Å². The van der Waals surface area contributed by atoms with Gasteiger partial charge >= 0.3 is 5.97 Å². The number of carbonyl (C=O) groups is 2. The average molecular weight is 315 g/mol. The van der Waals surface area contributed by atoms with E-state index in [4.69, 9.17) is 5.11 Å². The zero-order valence-corrected chi connectivity index (χ0v) is 12.5. The van der Waals surface area contributed by atoms with Gasteiger partial charge in [0, 0.05) is 17.3 Å². The number of hydrogen-bond acceptors (Lipinski definition) is 4. The predicted octanol–water partition coefficient (Wildman–Crippen LogP) is -0.113. The summed E-state index contributed by atoms with van der Waals surface area (Å²) in [7, 11) is -3.95. The first-order valence-electron chi connectivity index (χ1n) is 6.44. The summed E-state index contributed by atoms with van der Waals surface area (Å²) in [5.41, 5.74) is 0.172. The molecule has 0 aromatic carbocycles. The molecule has 1 fully saturated rings. The summed E-state index contributed by atoms with van der Waals surface area (Å²) in [4.78, 5) is 24.9. The van der Waals surface area contributed by atoms with Gasteiger partial charge in [0.2, 0.25) is 15.9 Å². The van der Waals surface area contributed by atoms with Gasteiger partial charge in [-0.3, -0.25) is 4.79 Å². The van der Waals surface area contributed by atoms with Gasteiger partial charge in [0.15, 0.2) is 0 Å². The molecule has 8 nitrogen and oxygen atoms in total. The molecule has 0 aliphatic heterocycles. The smallest absolute Gasteiger partial charge is 0.352 e. The minimum absolute atomic E-state index is 0.120. The van der Waals surface area contributed by atoms with Crippen LogP contribution in [-0.2, 0) is 14.8 Å². The van der Waals surface area contributed by atoms with E-state index < -0.39 is 21.9 Å². The van der Waals surface area contributed by atoms with Gasteiger partial charge in [0.1, 0.15) is 10.6 Å². The molecule has 9 heteroatoms. The number of carbonyl (C=O) groups excluding carboxylic acids is 1. The molecule has 1 aliphatic rings. The Bertz CT molecular complexity index is 688. The fraction of sp³-hybridized carbons (Fsp3) is 0.500. The number of carboxylic acid groups (broad SMARTS) is 1. The van der Waals surface area contributed by atoms with E-state index in [0.29, 0.717) is 0 Å². The maximum absolute atomic E-state index is 12.2. The summed E-state index contributed by atoms with van der Waals surface area (Å²) in [5.74, 6) is -1.63. The fourth-order valence-electron chi connectivity index (χ4n) is 2.09. The number of nitrogens with one attached hydrogen (secondary N) is 3. The van der Waals surface area contributed by atoms with E-state index in [0.717, 1.165) is 12.8 Å². The Morgan fingerprint density at radius 2 is 1.95 bits per heavy atom. The average Bonchev–Trinajstić information content (AvgIpc) is 3.11. The summed E-state index contributed by atoms with van der Waals surface area (Å²) in [6.07, 6.45) is 1.83. The van der Waals surface area contributed by atoms with Gasteiger partial charge in [-0.1, -0.05) is 0 Å². The Kier molecular flexibility index (Phi) is 4.06. The number of amides is 1. The molecule has 4 N–H and O–H groups in total. The minimum Gasteiger partial charge on any atom is -0.477 e. The van der Waals surface area contributed by atoms with Crippen molar-refractivity contribution < 1.29 is 23.1 Å². The molecular formula is C12H17N3O5S. The number of aromatic carboxylic acids is 1. The first-order valence-corrected chi connectivity index (χ1v) is 7.92. The van der Waals surface area contributed by atoms with Gasteiger partial charge in [-0.05, 0) is 26.7 Å². The van der Waals surface area contributed by atoms with Crippen LogP contribution in [0.5, 0.6) is 0 Å². The van der Waals surface area contributed by atoms with Crippen molar-refractivity contribution in [2.24, 2.45) is 0 Å². The van der Waals surface area contributed by atoms with Crippen LogP contribution < -0.4 is 10.0 Å². The lowest BCUT2D eigenvalue weighted by Crippen LogP contribution is -2.38. The van der Waals surface area contributed by atoms with E-state index in [1.807, 2.05) is 0 Å². The summed E-state index contributed by atoms with van der Waals surface area (Å²) in [6, 6.07) is 0.149. The third kappa shape index (κ3) is 3.42. The Balaban J connectivity index is 2.15. The number of carboxylic acids is 1. The highest BCUT2D eigenvalue weighted by atomic mass is 32.2. The molecule has 1 saturated carbocycles. The standard InChI is InChI=1S/C12H17N3O5S/c1-6-10(12(17)18)14-7(2)11(6)21(19,20)13-5-9(16)15-8-3-4-8/h8,13-14H,3-5H2,1-2H3,(H,15,16)(H,17,18). The zero-order valence-electron chi connectivity index (χ0n) is 11.7. The maximum atomic E-state index is 12.2. The van der Waals surface area contributed by atoms with Crippen molar-refractivity contribution in [1.82, 2.24) is 15.0 Å².